The van der Waals surface area contributed by atoms with E-state index >= 15 is 0 Å². The zero-order chi connectivity index (χ0) is 10.2. The highest BCUT2D eigenvalue weighted by Crippen LogP contribution is 2.49. The summed E-state index contributed by atoms with van der Waals surface area (Å²) >= 11 is 1.39. The lowest BCUT2D eigenvalue weighted by Crippen LogP contribution is -2.09. The molecule has 1 heterocycles. The van der Waals surface area contributed by atoms with E-state index < -0.39 is 0 Å². The van der Waals surface area contributed by atoms with Gasteiger partial charge in [-0.25, -0.2) is 4.79 Å². The second kappa shape index (κ2) is 3.14. The number of terminal acetylenes is 1. The average molecular weight is 206 g/mol. The SMILES string of the molecule is C#CC1(c2ccsc2C(=O)OC)CC1. The largest absolute Gasteiger partial charge is 0.465 e. The number of hydrogen-bond donors (Lipinski definition) is 0. The van der Waals surface area contributed by atoms with Gasteiger partial charge in [-0.05, 0) is 29.9 Å². The van der Waals surface area contributed by atoms with Crippen molar-refractivity contribution in [1.29, 1.82) is 0 Å². The Hall–Kier alpha value is -1.27. The second-order valence-corrected chi connectivity index (χ2v) is 4.30. The van der Waals surface area contributed by atoms with E-state index in [0.29, 0.717) is 4.88 Å². The van der Waals surface area contributed by atoms with E-state index in [4.69, 9.17) is 11.2 Å². The first-order valence-electron chi connectivity index (χ1n) is 4.37. The van der Waals surface area contributed by atoms with Gasteiger partial charge in [-0.2, -0.15) is 0 Å². The highest BCUT2D eigenvalue weighted by molar-refractivity contribution is 7.12. The molecule has 3 heteroatoms. The summed E-state index contributed by atoms with van der Waals surface area (Å²) in [4.78, 5) is 12.1. The van der Waals surface area contributed by atoms with Crippen molar-refractivity contribution in [2.75, 3.05) is 7.11 Å². The van der Waals surface area contributed by atoms with Gasteiger partial charge in [0.1, 0.15) is 4.88 Å². The lowest BCUT2D eigenvalue weighted by atomic mass is 9.98. The zero-order valence-corrected chi connectivity index (χ0v) is 8.69. The molecular formula is C11H10O2S. The van der Waals surface area contributed by atoms with Crippen LogP contribution in [0.15, 0.2) is 11.4 Å². The molecule has 1 aromatic rings. The van der Waals surface area contributed by atoms with Crippen LogP contribution in [0.5, 0.6) is 0 Å². The molecule has 0 spiro atoms. The van der Waals surface area contributed by atoms with E-state index in [1.807, 2.05) is 11.4 Å². The van der Waals surface area contributed by atoms with Crippen LogP contribution >= 0.6 is 11.3 Å². The van der Waals surface area contributed by atoms with Gasteiger partial charge in [0, 0.05) is 0 Å². The van der Waals surface area contributed by atoms with Crippen LogP contribution in [0.4, 0.5) is 0 Å². The van der Waals surface area contributed by atoms with Crippen LogP contribution < -0.4 is 0 Å². The molecule has 2 rings (SSSR count). The second-order valence-electron chi connectivity index (χ2n) is 3.38. The summed E-state index contributed by atoms with van der Waals surface area (Å²) in [6.07, 6.45) is 7.43. The Kier molecular flexibility index (Phi) is 2.09. The number of ether oxygens (including phenoxy) is 1. The fourth-order valence-corrected chi connectivity index (χ4v) is 2.46. The number of thiophene rings is 1. The van der Waals surface area contributed by atoms with Crippen LogP contribution in [0.1, 0.15) is 28.1 Å². The minimum absolute atomic E-state index is 0.177. The van der Waals surface area contributed by atoms with Gasteiger partial charge in [0.05, 0.1) is 12.5 Å². The Bertz CT molecular complexity index is 407. The third-order valence-corrected chi connectivity index (χ3v) is 3.47. The highest BCUT2D eigenvalue weighted by atomic mass is 32.1. The number of esters is 1. The van der Waals surface area contributed by atoms with E-state index in [0.717, 1.165) is 18.4 Å². The van der Waals surface area contributed by atoms with Gasteiger partial charge in [-0.3, -0.25) is 0 Å². The van der Waals surface area contributed by atoms with Crippen molar-refractivity contribution >= 4 is 17.3 Å². The predicted octanol–water partition coefficient (Wildman–Crippen LogP) is 2.20. The van der Waals surface area contributed by atoms with Gasteiger partial charge in [0.2, 0.25) is 0 Å². The Morgan fingerprint density at radius 3 is 2.93 bits per heavy atom. The number of rotatable bonds is 2. The quantitative estimate of drug-likeness (QED) is 0.547. The molecule has 0 amide bonds. The number of carbonyl (C=O) groups excluding carboxylic acids is 1. The van der Waals surface area contributed by atoms with E-state index in [1.165, 1.54) is 18.4 Å². The van der Waals surface area contributed by atoms with E-state index in [-0.39, 0.29) is 11.4 Å². The molecule has 0 saturated heterocycles. The minimum Gasteiger partial charge on any atom is -0.465 e. The molecule has 0 bridgehead atoms. The summed E-state index contributed by atoms with van der Waals surface area (Å²) in [5.41, 5.74) is 0.792. The van der Waals surface area contributed by atoms with Crippen LogP contribution in [0.2, 0.25) is 0 Å². The Balaban J connectivity index is 2.41. The third-order valence-electron chi connectivity index (χ3n) is 2.58. The molecule has 1 fully saturated rings. The average Bonchev–Trinajstić information content (AvgIpc) is 2.87. The molecule has 0 aromatic carbocycles. The molecule has 1 saturated carbocycles. The molecule has 72 valence electrons. The normalized spacial score (nSPS) is 17.1. The summed E-state index contributed by atoms with van der Waals surface area (Å²) < 4.78 is 4.71. The van der Waals surface area contributed by atoms with Crippen molar-refractivity contribution < 1.29 is 9.53 Å². The van der Waals surface area contributed by atoms with Crippen LogP contribution in [-0.4, -0.2) is 13.1 Å². The monoisotopic (exact) mass is 206 g/mol. The molecular weight excluding hydrogens is 196 g/mol. The van der Waals surface area contributed by atoms with Crippen molar-refractivity contribution in [1.82, 2.24) is 0 Å². The fourth-order valence-electron chi connectivity index (χ4n) is 1.55. The van der Waals surface area contributed by atoms with Gasteiger partial charge < -0.3 is 4.74 Å². The van der Waals surface area contributed by atoms with Crippen molar-refractivity contribution in [3.63, 3.8) is 0 Å². The van der Waals surface area contributed by atoms with E-state index in [9.17, 15) is 4.79 Å². The molecule has 1 aliphatic carbocycles. The van der Waals surface area contributed by atoms with Gasteiger partial charge in [-0.15, -0.1) is 17.8 Å². The first-order valence-corrected chi connectivity index (χ1v) is 5.25. The van der Waals surface area contributed by atoms with Crippen molar-refractivity contribution in [2.24, 2.45) is 0 Å². The first-order chi connectivity index (χ1) is 6.73. The smallest absolute Gasteiger partial charge is 0.348 e. The van der Waals surface area contributed by atoms with E-state index in [2.05, 4.69) is 5.92 Å². The van der Waals surface area contributed by atoms with Crippen molar-refractivity contribution in [3.8, 4) is 12.3 Å². The lowest BCUT2D eigenvalue weighted by Gasteiger charge is -2.07. The zero-order valence-electron chi connectivity index (χ0n) is 7.87. The van der Waals surface area contributed by atoms with Gasteiger partial charge in [0.25, 0.3) is 0 Å². The molecule has 1 aliphatic rings. The van der Waals surface area contributed by atoms with Gasteiger partial charge in [0.15, 0.2) is 0 Å². The highest BCUT2D eigenvalue weighted by Gasteiger charge is 2.45. The summed E-state index contributed by atoms with van der Waals surface area (Å²) in [6, 6.07) is 1.93. The fraction of sp³-hybridized carbons (Fsp3) is 0.364. The molecule has 2 nitrogen and oxygen atoms in total. The van der Waals surface area contributed by atoms with Gasteiger partial charge >= 0.3 is 5.97 Å². The topological polar surface area (TPSA) is 26.3 Å². The van der Waals surface area contributed by atoms with Crippen LogP contribution in [0.3, 0.4) is 0 Å². The predicted molar refractivity (Wildman–Crippen MR) is 55.4 cm³/mol. The number of carbonyl (C=O) groups is 1. The molecule has 0 unspecified atom stereocenters. The first kappa shape index (κ1) is 9.29. The Morgan fingerprint density at radius 2 is 2.43 bits per heavy atom. The third kappa shape index (κ3) is 1.23. The summed E-state index contributed by atoms with van der Waals surface area (Å²) in [5.74, 6) is 2.49. The van der Waals surface area contributed by atoms with Crippen LogP contribution in [0, 0.1) is 12.3 Å². The molecule has 14 heavy (non-hydrogen) atoms. The molecule has 0 atom stereocenters. The number of hydrogen-bond acceptors (Lipinski definition) is 3. The molecule has 0 radical (unpaired) electrons. The van der Waals surface area contributed by atoms with Crippen molar-refractivity contribution in [2.45, 2.75) is 18.3 Å². The molecule has 0 aliphatic heterocycles. The van der Waals surface area contributed by atoms with E-state index in [1.54, 1.807) is 0 Å². The maximum Gasteiger partial charge on any atom is 0.348 e. The van der Waals surface area contributed by atoms with Crippen molar-refractivity contribution in [3.05, 3.63) is 21.9 Å². The maximum absolute atomic E-state index is 11.4. The standard InChI is InChI=1S/C11H10O2S/c1-3-11(5-6-11)8-4-7-14-9(8)10(12)13-2/h1,4,7H,5-6H2,2H3. The number of methoxy groups -OCH3 is 1. The Morgan fingerprint density at radius 1 is 1.71 bits per heavy atom. The summed E-state index contributed by atoms with van der Waals surface area (Å²) in [6.45, 7) is 0. The van der Waals surface area contributed by atoms with Gasteiger partial charge in [-0.1, -0.05) is 5.92 Å². The lowest BCUT2D eigenvalue weighted by molar-refractivity contribution is 0.0604. The molecule has 0 N–H and O–H groups in total. The maximum atomic E-state index is 11.4. The van der Waals surface area contributed by atoms with Crippen LogP contribution in [-0.2, 0) is 10.2 Å². The Labute approximate surface area is 86.9 Å². The molecule has 1 aromatic heterocycles. The summed E-state index contributed by atoms with van der Waals surface area (Å²) in [7, 11) is 1.39. The minimum atomic E-state index is -0.281. The summed E-state index contributed by atoms with van der Waals surface area (Å²) in [5, 5.41) is 1.89. The van der Waals surface area contributed by atoms with Crippen LogP contribution in [0.25, 0.3) is 0 Å².